The van der Waals surface area contributed by atoms with Crippen LogP contribution in [0.2, 0.25) is 0 Å². The summed E-state index contributed by atoms with van der Waals surface area (Å²) in [6, 6.07) is 11.5. The van der Waals surface area contributed by atoms with Crippen LogP contribution in [-0.2, 0) is 6.61 Å². The van der Waals surface area contributed by atoms with Crippen molar-refractivity contribution in [1.29, 1.82) is 0 Å². The van der Waals surface area contributed by atoms with E-state index in [1.807, 2.05) is 40.4 Å². The third-order valence-corrected chi connectivity index (χ3v) is 3.99. The summed E-state index contributed by atoms with van der Waals surface area (Å²) in [6.45, 7) is -0.120. The van der Waals surface area contributed by atoms with Crippen molar-refractivity contribution >= 4 is 22.2 Å². The van der Waals surface area contributed by atoms with Gasteiger partial charge in [0.1, 0.15) is 18.1 Å². The van der Waals surface area contributed by atoms with Crippen molar-refractivity contribution in [2.75, 3.05) is 0 Å². The van der Waals surface area contributed by atoms with Crippen molar-refractivity contribution in [2.24, 2.45) is 0 Å². The number of fused-ring (bicyclic) bond motifs is 1. The molecule has 0 radical (unpaired) electrons. The standard InChI is InChI=1S/C15H11N3O2S/c19-9-10-5-6-13(20-10)14-11-3-1-2-4-12(11)18(17-14)15-16-7-8-21-15/h1-8,19H,9H2. The van der Waals surface area contributed by atoms with Gasteiger partial charge in [-0.3, -0.25) is 0 Å². The molecular weight excluding hydrogens is 286 g/mol. The Hall–Kier alpha value is -2.44. The SMILES string of the molecule is OCc1ccc(-c2nn(-c3nccs3)c3ccccc23)o1. The van der Waals surface area contributed by atoms with Crippen LogP contribution in [0.4, 0.5) is 0 Å². The van der Waals surface area contributed by atoms with E-state index < -0.39 is 0 Å². The van der Waals surface area contributed by atoms with Crippen LogP contribution in [0.1, 0.15) is 5.76 Å². The smallest absolute Gasteiger partial charge is 0.210 e. The average Bonchev–Trinajstić information content (AvgIpc) is 3.25. The van der Waals surface area contributed by atoms with Crippen molar-refractivity contribution < 1.29 is 9.52 Å². The maximum atomic E-state index is 9.14. The molecule has 6 heteroatoms. The second-order valence-corrected chi connectivity index (χ2v) is 5.39. The molecule has 0 fully saturated rings. The highest BCUT2D eigenvalue weighted by Crippen LogP contribution is 2.31. The maximum absolute atomic E-state index is 9.14. The van der Waals surface area contributed by atoms with Gasteiger partial charge in [-0.15, -0.1) is 11.3 Å². The van der Waals surface area contributed by atoms with Gasteiger partial charge in [-0.25, -0.2) is 9.67 Å². The molecule has 0 bridgehead atoms. The van der Waals surface area contributed by atoms with E-state index in [1.54, 1.807) is 12.3 Å². The number of rotatable bonds is 3. The van der Waals surface area contributed by atoms with E-state index in [2.05, 4.69) is 10.1 Å². The van der Waals surface area contributed by atoms with E-state index in [-0.39, 0.29) is 6.61 Å². The highest BCUT2D eigenvalue weighted by molar-refractivity contribution is 7.12. The fourth-order valence-electron chi connectivity index (χ4n) is 2.30. The van der Waals surface area contributed by atoms with Crippen LogP contribution in [0.15, 0.2) is 52.4 Å². The predicted molar refractivity (Wildman–Crippen MR) is 80.4 cm³/mol. The minimum Gasteiger partial charge on any atom is -0.457 e. The molecule has 0 aliphatic rings. The summed E-state index contributed by atoms with van der Waals surface area (Å²) >= 11 is 1.53. The number of thiazole rings is 1. The predicted octanol–water partition coefficient (Wildman–Crippen LogP) is 3.23. The van der Waals surface area contributed by atoms with Gasteiger partial charge >= 0.3 is 0 Å². The van der Waals surface area contributed by atoms with Crippen molar-refractivity contribution in [1.82, 2.24) is 14.8 Å². The Kier molecular flexibility index (Phi) is 2.83. The van der Waals surface area contributed by atoms with E-state index in [0.717, 1.165) is 21.7 Å². The topological polar surface area (TPSA) is 64.1 Å². The molecule has 4 aromatic rings. The summed E-state index contributed by atoms with van der Waals surface area (Å²) in [6.07, 6.45) is 1.76. The van der Waals surface area contributed by atoms with Gasteiger partial charge < -0.3 is 9.52 Å². The van der Waals surface area contributed by atoms with Crippen molar-refractivity contribution in [3.8, 4) is 16.6 Å². The number of hydrogen-bond donors (Lipinski definition) is 1. The highest BCUT2D eigenvalue weighted by atomic mass is 32.1. The van der Waals surface area contributed by atoms with Gasteiger partial charge in [-0.2, -0.15) is 5.10 Å². The first-order valence-electron chi connectivity index (χ1n) is 6.44. The zero-order chi connectivity index (χ0) is 14.2. The lowest BCUT2D eigenvalue weighted by Gasteiger charge is -1.96. The normalized spacial score (nSPS) is 11.3. The first-order chi connectivity index (χ1) is 10.4. The van der Waals surface area contributed by atoms with Crippen LogP contribution in [0, 0.1) is 0 Å². The summed E-state index contributed by atoms with van der Waals surface area (Å²) in [4.78, 5) is 4.31. The van der Waals surface area contributed by atoms with Gasteiger partial charge in [0.15, 0.2) is 5.76 Å². The quantitative estimate of drug-likeness (QED) is 0.630. The first-order valence-corrected chi connectivity index (χ1v) is 7.32. The lowest BCUT2D eigenvalue weighted by atomic mass is 10.2. The van der Waals surface area contributed by atoms with Gasteiger partial charge in [-0.1, -0.05) is 18.2 Å². The van der Waals surface area contributed by atoms with Crippen LogP contribution in [0.3, 0.4) is 0 Å². The average molecular weight is 297 g/mol. The molecule has 0 saturated carbocycles. The second-order valence-electron chi connectivity index (χ2n) is 4.52. The molecule has 104 valence electrons. The van der Waals surface area contributed by atoms with Crippen LogP contribution in [0.25, 0.3) is 27.5 Å². The van der Waals surface area contributed by atoms with Crippen LogP contribution < -0.4 is 0 Å². The zero-order valence-electron chi connectivity index (χ0n) is 10.9. The number of nitrogens with zero attached hydrogens (tertiary/aromatic N) is 3. The third kappa shape index (κ3) is 1.96. The number of hydrogen-bond acceptors (Lipinski definition) is 5. The van der Waals surface area contributed by atoms with Crippen LogP contribution in [-0.4, -0.2) is 19.9 Å². The van der Waals surface area contributed by atoms with E-state index >= 15 is 0 Å². The van der Waals surface area contributed by atoms with Crippen LogP contribution in [0.5, 0.6) is 0 Å². The third-order valence-electron chi connectivity index (χ3n) is 3.24. The molecule has 0 unspecified atom stereocenters. The molecule has 3 aromatic heterocycles. The summed E-state index contributed by atoms with van der Waals surface area (Å²) < 4.78 is 7.43. The Morgan fingerprint density at radius 2 is 2.10 bits per heavy atom. The lowest BCUT2D eigenvalue weighted by molar-refractivity contribution is 0.248. The Morgan fingerprint density at radius 1 is 1.19 bits per heavy atom. The number of para-hydroxylation sites is 1. The van der Waals surface area contributed by atoms with Gasteiger partial charge in [0.05, 0.1) is 5.52 Å². The van der Waals surface area contributed by atoms with E-state index in [4.69, 9.17) is 9.52 Å². The number of benzene rings is 1. The van der Waals surface area contributed by atoms with Gasteiger partial charge in [0, 0.05) is 17.0 Å². The molecule has 4 rings (SSSR count). The number of furan rings is 1. The number of aliphatic hydroxyl groups excluding tert-OH is 1. The molecule has 0 spiro atoms. The van der Waals surface area contributed by atoms with E-state index in [1.165, 1.54) is 11.3 Å². The van der Waals surface area contributed by atoms with Crippen molar-refractivity contribution in [3.05, 3.63) is 53.7 Å². The minimum absolute atomic E-state index is 0.120. The lowest BCUT2D eigenvalue weighted by Crippen LogP contribution is -1.94. The van der Waals surface area contributed by atoms with Gasteiger partial charge in [0.25, 0.3) is 0 Å². The Balaban J connectivity index is 1.97. The van der Waals surface area contributed by atoms with E-state index in [9.17, 15) is 0 Å². The maximum Gasteiger partial charge on any atom is 0.210 e. The summed E-state index contributed by atoms with van der Waals surface area (Å²) in [7, 11) is 0. The first kappa shape index (κ1) is 12.3. The minimum atomic E-state index is -0.120. The molecule has 0 saturated heterocycles. The molecule has 3 heterocycles. The summed E-state index contributed by atoms with van der Waals surface area (Å²) in [5.74, 6) is 1.17. The Labute approximate surface area is 124 Å². The summed E-state index contributed by atoms with van der Waals surface area (Å²) in [5.41, 5.74) is 1.73. The number of aliphatic hydroxyl groups is 1. The Bertz CT molecular complexity index is 893. The number of aromatic nitrogens is 3. The zero-order valence-corrected chi connectivity index (χ0v) is 11.7. The molecule has 0 atom stereocenters. The van der Waals surface area contributed by atoms with E-state index in [0.29, 0.717) is 11.5 Å². The largest absolute Gasteiger partial charge is 0.457 e. The fourth-order valence-corrected chi connectivity index (χ4v) is 2.91. The molecule has 1 N–H and O–H groups in total. The Morgan fingerprint density at radius 3 is 2.86 bits per heavy atom. The highest BCUT2D eigenvalue weighted by Gasteiger charge is 2.16. The second kappa shape index (κ2) is 4.83. The molecule has 5 nitrogen and oxygen atoms in total. The van der Waals surface area contributed by atoms with Gasteiger partial charge in [0.2, 0.25) is 5.13 Å². The summed E-state index contributed by atoms with van der Waals surface area (Å²) in [5, 5.41) is 17.5. The molecule has 1 aromatic carbocycles. The monoisotopic (exact) mass is 297 g/mol. The molecule has 0 amide bonds. The van der Waals surface area contributed by atoms with Crippen LogP contribution >= 0.6 is 11.3 Å². The van der Waals surface area contributed by atoms with Crippen molar-refractivity contribution in [3.63, 3.8) is 0 Å². The van der Waals surface area contributed by atoms with Crippen molar-refractivity contribution in [2.45, 2.75) is 6.61 Å². The van der Waals surface area contributed by atoms with Gasteiger partial charge in [-0.05, 0) is 18.2 Å². The molecule has 0 aliphatic carbocycles. The molecule has 0 aliphatic heterocycles. The molecular formula is C15H11N3O2S. The molecule has 21 heavy (non-hydrogen) atoms. The fraction of sp³-hybridized carbons (Fsp3) is 0.0667.